The van der Waals surface area contributed by atoms with Crippen LogP contribution in [0.3, 0.4) is 0 Å². The zero-order chi connectivity index (χ0) is 14.6. The van der Waals surface area contributed by atoms with E-state index in [9.17, 15) is 13.2 Å². The van der Waals surface area contributed by atoms with E-state index in [1.165, 1.54) is 0 Å². The largest absolute Gasteiger partial charge is 0.469 e. The average molecular weight is 300 g/mol. The lowest BCUT2D eigenvalue weighted by Crippen LogP contribution is -2.48. The molecule has 2 N–H and O–H groups in total. The summed E-state index contributed by atoms with van der Waals surface area (Å²) < 4.78 is 28.2. The molecular formula is C13H20N2O4S. The van der Waals surface area contributed by atoms with Crippen LogP contribution in [0, 0.1) is 0 Å². The molecule has 7 heteroatoms. The van der Waals surface area contributed by atoms with E-state index >= 15 is 0 Å². The predicted molar refractivity (Wildman–Crippen MR) is 75.1 cm³/mol. The van der Waals surface area contributed by atoms with Crippen molar-refractivity contribution < 1.29 is 17.6 Å². The Morgan fingerprint density at radius 3 is 3.05 bits per heavy atom. The van der Waals surface area contributed by atoms with Crippen LogP contribution in [0.15, 0.2) is 22.8 Å². The summed E-state index contributed by atoms with van der Waals surface area (Å²) in [5.41, 5.74) is 0. The van der Waals surface area contributed by atoms with Gasteiger partial charge >= 0.3 is 0 Å². The van der Waals surface area contributed by atoms with Gasteiger partial charge in [-0.15, -0.1) is 0 Å². The third kappa shape index (κ3) is 4.64. The Labute approximate surface area is 118 Å². The van der Waals surface area contributed by atoms with Gasteiger partial charge in [-0.25, -0.2) is 8.42 Å². The number of amides is 1. The maximum Gasteiger partial charge on any atom is 0.221 e. The molecule has 0 saturated carbocycles. The van der Waals surface area contributed by atoms with Gasteiger partial charge in [0.2, 0.25) is 5.91 Å². The minimum Gasteiger partial charge on any atom is -0.469 e. The number of carbonyl (C=O) groups is 1. The van der Waals surface area contributed by atoms with Crippen molar-refractivity contribution in [2.24, 2.45) is 0 Å². The van der Waals surface area contributed by atoms with Gasteiger partial charge in [-0.1, -0.05) is 0 Å². The topological polar surface area (TPSA) is 88.4 Å². The fourth-order valence-electron chi connectivity index (χ4n) is 2.34. The summed E-state index contributed by atoms with van der Waals surface area (Å²) in [5.74, 6) is 0.863. The molecule has 1 aliphatic heterocycles. The van der Waals surface area contributed by atoms with Crippen LogP contribution in [-0.4, -0.2) is 44.5 Å². The van der Waals surface area contributed by atoms with Gasteiger partial charge in [0.05, 0.1) is 17.8 Å². The molecule has 6 nitrogen and oxygen atoms in total. The van der Waals surface area contributed by atoms with E-state index in [2.05, 4.69) is 10.6 Å². The highest BCUT2D eigenvalue weighted by molar-refractivity contribution is 7.91. The Bertz CT molecular complexity index is 539. The quantitative estimate of drug-likeness (QED) is 0.805. The summed E-state index contributed by atoms with van der Waals surface area (Å²) >= 11 is 0. The molecule has 1 aromatic rings. The van der Waals surface area contributed by atoms with Crippen LogP contribution in [-0.2, 0) is 21.1 Å². The molecule has 1 amide bonds. The highest BCUT2D eigenvalue weighted by Gasteiger charge is 2.26. The zero-order valence-electron chi connectivity index (χ0n) is 11.5. The maximum absolute atomic E-state index is 11.9. The van der Waals surface area contributed by atoms with E-state index in [4.69, 9.17) is 4.42 Å². The van der Waals surface area contributed by atoms with E-state index in [-0.39, 0.29) is 35.9 Å². The van der Waals surface area contributed by atoms with Crippen molar-refractivity contribution in [1.29, 1.82) is 0 Å². The van der Waals surface area contributed by atoms with Crippen LogP contribution >= 0.6 is 0 Å². The van der Waals surface area contributed by atoms with Gasteiger partial charge in [0, 0.05) is 31.5 Å². The highest BCUT2D eigenvalue weighted by atomic mass is 32.2. The van der Waals surface area contributed by atoms with E-state index in [1.807, 2.05) is 13.0 Å². The van der Waals surface area contributed by atoms with Crippen molar-refractivity contribution in [2.75, 3.05) is 18.1 Å². The monoisotopic (exact) mass is 300 g/mol. The van der Waals surface area contributed by atoms with Gasteiger partial charge in [-0.3, -0.25) is 4.79 Å². The van der Waals surface area contributed by atoms with Crippen LogP contribution in [0.5, 0.6) is 0 Å². The molecule has 1 saturated heterocycles. The Morgan fingerprint density at radius 2 is 2.40 bits per heavy atom. The van der Waals surface area contributed by atoms with Crippen molar-refractivity contribution in [3.8, 4) is 0 Å². The third-order valence-corrected chi connectivity index (χ3v) is 4.96. The minimum absolute atomic E-state index is 0.0347. The molecule has 1 fully saturated rings. The Morgan fingerprint density at radius 1 is 1.60 bits per heavy atom. The van der Waals surface area contributed by atoms with Crippen LogP contribution < -0.4 is 10.6 Å². The molecular weight excluding hydrogens is 280 g/mol. The van der Waals surface area contributed by atoms with Gasteiger partial charge < -0.3 is 15.1 Å². The number of sulfone groups is 1. The molecule has 2 rings (SSSR count). The van der Waals surface area contributed by atoms with Crippen molar-refractivity contribution in [1.82, 2.24) is 10.6 Å². The second-order valence-corrected chi connectivity index (χ2v) is 7.45. The first-order chi connectivity index (χ1) is 9.44. The third-order valence-electron chi connectivity index (χ3n) is 3.23. The lowest BCUT2D eigenvalue weighted by atomic mass is 10.1. The molecule has 2 unspecified atom stereocenters. The van der Waals surface area contributed by atoms with Gasteiger partial charge in [-0.05, 0) is 19.1 Å². The highest BCUT2D eigenvalue weighted by Crippen LogP contribution is 2.07. The maximum atomic E-state index is 11.9. The van der Waals surface area contributed by atoms with Gasteiger partial charge in [-0.2, -0.15) is 0 Å². The van der Waals surface area contributed by atoms with Crippen molar-refractivity contribution in [3.05, 3.63) is 24.2 Å². The molecule has 0 radical (unpaired) electrons. The summed E-state index contributed by atoms with van der Waals surface area (Å²) in [7, 11) is -3.00. The van der Waals surface area contributed by atoms with Crippen molar-refractivity contribution >= 4 is 15.7 Å². The van der Waals surface area contributed by atoms with Crippen LogP contribution in [0.25, 0.3) is 0 Å². The molecule has 1 aliphatic rings. The molecule has 0 spiro atoms. The number of hydrogen-bond donors (Lipinski definition) is 2. The second kappa shape index (κ2) is 6.41. The molecule has 1 aromatic heterocycles. The van der Waals surface area contributed by atoms with E-state index in [1.54, 1.807) is 12.3 Å². The first-order valence-electron chi connectivity index (χ1n) is 6.70. The van der Waals surface area contributed by atoms with Crippen molar-refractivity contribution in [3.63, 3.8) is 0 Å². The number of rotatable bonds is 5. The summed E-state index contributed by atoms with van der Waals surface area (Å²) in [6.45, 7) is 2.31. The zero-order valence-corrected chi connectivity index (χ0v) is 12.3. The molecule has 112 valence electrons. The van der Waals surface area contributed by atoms with Crippen molar-refractivity contribution in [2.45, 2.75) is 31.8 Å². The predicted octanol–water partition coefficient (Wildman–Crippen LogP) is 0.104. The first kappa shape index (κ1) is 15.1. The number of carbonyl (C=O) groups excluding carboxylic acids is 1. The Hall–Kier alpha value is -1.34. The van der Waals surface area contributed by atoms with Gasteiger partial charge in [0.1, 0.15) is 5.76 Å². The van der Waals surface area contributed by atoms with Crippen LogP contribution in [0.2, 0.25) is 0 Å². The second-order valence-electron chi connectivity index (χ2n) is 5.22. The molecule has 0 aliphatic carbocycles. The molecule has 0 bridgehead atoms. The smallest absolute Gasteiger partial charge is 0.221 e. The average Bonchev–Trinajstić information content (AvgIpc) is 2.79. The summed E-state index contributed by atoms with van der Waals surface area (Å²) in [5, 5.41) is 5.92. The standard InChI is InChI=1S/C13H20N2O4S/c1-10(7-12-3-2-5-19-12)15-13(16)8-11-9-20(17,18)6-4-14-11/h2-3,5,10-11,14H,4,6-9H2,1H3,(H,15,16). The minimum atomic E-state index is -3.00. The SMILES string of the molecule is CC(Cc1ccco1)NC(=O)CC1CS(=O)(=O)CCN1. The first-order valence-corrected chi connectivity index (χ1v) is 8.52. The molecule has 0 aromatic carbocycles. The van der Waals surface area contributed by atoms with E-state index in [0.29, 0.717) is 13.0 Å². The lowest BCUT2D eigenvalue weighted by molar-refractivity contribution is -0.122. The van der Waals surface area contributed by atoms with Crippen LogP contribution in [0.4, 0.5) is 0 Å². The number of furan rings is 1. The Kier molecular flexibility index (Phi) is 4.82. The van der Waals surface area contributed by atoms with Gasteiger partial charge in [0.15, 0.2) is 9.84 Å². The fraction of sp³-hybridized carbons (Fsp3) is 0.615. The number of nitrogens with one attached hydrogen (secondary N) is 2. The fourth-order valence-corrected chi connectivity index (χ4v) is 3.78. The molecule has 20 heavy (non-hydrogen) atoms. The lowest BCUT2D eigenvalue weighted by Gasteiger charge is -2.23. The summed E-state index contributed by atoms with van der Waals surface area (Å²) in [6, 6.07) is 3.33. The number of hydrogen-bond acceptors (Lipinski definition) is 5. The normalized spacial score (nSPS) is 23.1. The van der Waals surface area contributed by atoms with E-state index < -0.39 is 9.84 Å². The molecule has 2 heterocycles. The summed E-state index contributed by atoms with van der Waals surface area (Å²) in [6.07, 6.45) is 2.40. The van der Waals surface area contributed by atoms with Gasteiger partial charge in [0.25, 0.3) is 0 Å². The van der Waals surface area contributed by atoms with Crippen LogP contribution in [0.1, 0.15) is 19.1 Å². The van der Waals surface area contributed by atoms with E-state index in [0.717, 1.165) is 5.76 Å². The molecule has 2 atom stereocenters. The Balaban J connectivity index is 1.77. The summed E-state index contributed by atoms with van der Waals surface area (Å²) in [4.78, 5) is 11.9.